The first-order valence-corrected chi connectivity index (χ1v) is 7.69. The molecule has 1 aromatic heterocycles. The Morgan fingerprint density at radius 3 is 2.33 bits per heavy atom. The monoisotopic (exact) mass is 322 g/mol. The van der Waals surface area contributed by atoms with Gasteiger partial charge >= 0.3 is 5.95 Å². The van der Waals surface area contributed by atoms with Crippen molar-refractivity contribution < 1.29 is 14.0 Å². The van der Waals surface area contributed by atoms with Gasteiger partial charge in [0.1, 0.15) is 12.8 Å². The van der Waals surface area contributed by atoms with Crippen molar-refractivity contribution in [2.45, 2.75) is 6.92 Å². The van der Waals surface area contributed by atoms with Crippen molar-refractivity contribution in [2.24, 2.45) is 5.16 Å². The third-order valence-corrected chi connectivity index (χ3v) is 3.35. The van der Waals surface area contributed by atoms with Crippen molar-refractivity contribution in [1.82, 2.24) is 4.98 Å². The fraction of sp³-hybridized carbons (Fsp3) is 0.158. The maximum absolute atomic E-state index is 5.82. The zero-order chi connectivity index (χ0) is 16.8. The van der Waals surface area contributed by atoms with E-state index in [2.05, 4.69) is 10.1 Å². The molecule has 0 aliphatic heterocycles. The minimum atomic E-state index is 0.330. The third kappa shape index (κ3) is 3.30. The van der Waals surface area contributed by atoms with Gasteiger partial charge in [-0.15, -0.1) is 0 Å². The van der Waals surface area contributed by atoms with E-state index >= 15 is 0 Å². The zero-order valence-corrected chi connectivity index (χ0v) is 13.6. The van der Waals surface area contributed by atoms with Gasteiger partial charge in [-0.2, -0.15) is 0 Å². The smallest absolute Gasteiger partial charge is 0.315 e. The van der Waals surface area contributed by atoms with Gasteiger partial charge < -0.3 is 14.0 Å². The van der Waals surface area contributed by atoms with Gasteiger partial charge in [-0.25, -0.2) is 4.98 Å². The summed E-state index contributed by atoms with van der Waals surface area (Å²) in [7, 11) is 1.50. The first-order valence-electron chi connectivity index (χ1n) is 7.69. The van der Waals surface area contributed by atoms with Crippen LogP contribution in [0.2, 0.25) is 0 Å². The number of aromatic nitrogens is 1. The minimum Gasteiger partial charge on any atom is -0.464 e. The first-order chi connectivity index (χ1) is 11.8. The molecule has 0 radical (unpaired) electrons. The Kier molecular flexibility index (Phi) is 4.91. The van der Waals surface area contributed by atoms with Gasteiger partial charge in [-0.1, -0.05) is 53.7 Å². The molecule has 0 amide bonds. The van der Waals surface area contributed by atoms with Crippen LogP contribution in [0.15, 0.2) is 70.2 Å². The highest BCUT2D eigenvalue weighted by atomic mass is 16.6. The number of benzene rings is 2. The van der Waals surface area contributed by atoms with E-state index in [9.17, 15) is 0 Å². The average molecular weight is 322 g/mol. The normalized spacial score (nSPS) is 11.3. The van der Waals surface area contributed by atoms with E-state index < -0.39 is 0 Å². The molecule has 3 rings (SSSR count). The van der Waals surface area contributed by atoms with Crippen LogP contribution in [-0.4, -0.2) is 24.4 Å². The van der Waals surface area contributed by atoms with Crippen molar-refractivity contribution in [3.05, 3.63) is 71.9 Å². The number of ether oxygens (including phenoxy) is 1. The Morgan fingerprint density at radius 1 is 1.04 bits per heavy atom. The summed E-state index contributed by atoms with van der Waals surface area (Å²) in [6.07, 6.45) is 0. The summed E-state index contributed by atoms with van der Waals surface area (Å²) < 4.78 is 11.4. The van der Waals surface area contributed by atoms with Gasteiger partial charge in [-0.05, 0) is 19.1 Å². The third-order valence-electron chi connectivity index (χ3n) is 3.35. The van der Waals surface area contributed by atoms with E-state index in [1.807, 2.05) is 67.6 Å². The van der Waals surface area contributed by atoms with Crippen molar-refractivity contribution in [2.75, 3.05) is 13.7 Å². The van der Waals surface area contributed by atoms with Crippen LogP contribution in [0, 0.1) is 0 Å². The fourth-order valence-electron chi connectivity index (χ4n) is 2.31. The van der Waals surface area contributed by atoms with Crippen LogP contribution in [0.25, 0.3) is 11.5 Å². The highest BCUT2D eigenvalue weighted by molar-refractivity contribution is 6.12. The Morgan fingerprint density at radius 2 is 1.71 bits per heavy atom. The van der Waals surface area contributed by atoms with E-state index in [0.29, 0.717) is 29.8 Å². The van der Waals surface area contributed by atoms with Crippen molar-refractivity contribution in [3.8, 4) is 17.4 Å². The maximum Gasteiger partial charge on any atom is 0.315 e. The lowest BCUT2D eigenvalue weighted by atomic mass is 10.1. The minimum absolute atomic E-state index is 0.330. The quantitative estimate of drug-likeness (QED) is 0.505. The largest absolute Gasteiger partial charge is 0.464 e. The zero-order valence-electron chi connectivity index (χ0n) is 13.6. The first kappa shape index (κ1) is 15.8. The molecule has 5 nitrogen and oxygen atoms in total. The van der Waals surface area contributed by atoms with Gasteiger partial charge in [0.2, 0.25) is 5.89 Å². The molecule has 2 aromatic carbocycles. The number of oxazole rings is 1. The van der Waals surface area contributed by atoms with Crippen LogP contribution in [0.5, 0.6) is 5.95 Å². The number of oxime groups is 1. The van der Waals surface area contributed by atoms with Crippen LogP contribution >= 0.6 is 0 Å². The Labute approximate surface area is 140 Å². The SMILES string of the molecule is CCOc1oc(-c2ccccc2)nc1/C(=N/OC)c1ccccc1. The van der Waals surface area contributed by atoms with Crippen molar-refractivity contribution >= 4 is 5.71 Å². The Balaban J connectivity index is 2.11. The molecule has 0 N–H and O–H groups in total. The number of rotatable bonds is 6. The highest BCUT2D eigenvalue weighted by Crippen LogP contribution is 2.29. The molecular formula is C19H18N2O3. The van der Waals surface area contributed by atoms with E-state index in [0.717, 1.165) is 11.1 Å². The van der Waals surface area contributed by atoms with Crippen molar-refractivity contribution in [3.63, 3.8) is 0 Å². The lowest BCUT2D eigenvalue weighted by Gasteiger charge is -2.04. The second-order valence-electron chi connectivity index (χ2n) is 4.94. The fourth-order valence-corrected chi connectivity index (χ4v) is 2.31. The lowest BCUT2D eigenvalue weighted by molar-refractivity contribution is 0.213. The summed E-state index contributed by atoms with van der Waals surface area (Å²) in [6, 6.07) is 19.3. The van der Waals surface area contributed by atoms with Crippen LogP contribution in [0.4, 0.5) is 0 Å². The van der Waals surface area contributed by atoms with Gasteiger partial charge in [0, 0.05) is 11.1 Å². The highest BCUT2D eigenvalue weighted by Gasteiger charge is 2.22. The Bertz CT molecular complexity index is 811. The number of hydrogen-bond acceptors (Lipinski definition) is 5. The molecule has 5 heteroatoms. The maximum atomic E-state index is 5.82. The molecule has 0 unspecified atom stereocenters. The lowest BCUT2D eigenvalue weighted by Crippen LogP contribution is -2.07. The molecule has 0 aliphatic carbocycles. The molecule has 0 bridgehead atoms. The second kappa shape index (κ2) is 7.46. The van der Waals surface area contributed by atoms with Gasteiger partial charge in [0.25, 0.3) is 0 Å². The number of nitrogens with zero attached hydrogens (tertiary/aromatic N) is 2. The predicted octanol–water partition coefficient (Wildman–Crippen LogP) is 4.14. The molecule has 0 fully saturated rings. The van der Waals surface area contributed by atoms with E-state index in [1.165, 1.54) is 7.11 Å². The van der Waals surface area contributed by atoms with Gasteiger partial charge in [0.15, 0.2) is 5.69 Å². The van der Waals surface area contributed by atoms with Crippen LogP contribution < -0.4 is 4.74 Å². The molecule has 0 atom stereocenters. The molecule has 0 saturated heterocycles. The molecule has 122 valence electrons. The molecule has 0 spiro atoms. The molecule has 1 heterocycles. The van der Waals surface area contributed by atoms with Gasteiger partial charge in [-0.3, -0.25) is 0 Å². The summed E-state index contributed by atoms with van der Waals surface area (Å²) in [5, 5.41) is 4.13. The topological polar surface area (TPSA) is 56.9 Å². The second-order valence-corrected chi connectivity index (χ2v) is 4.94. The summed E-state index contributed by atoms with van der Waals surface area (Å²) in [4.78, 5) is 9.60. The van der Waals surface area contributed by atoms with Gasteiger partial charge in [0.05, 0.1) is 6.61 Å². The molecule has 3 aromatic rings. The number of hydrogen-bond donors (Lipinski definition) is 0. The Hall–Kier alpha value is -3.08. The molecule has 24 heavy (non-hydrogen) atoms. The van der Waals surface area contributed by atoms with E-state index in [-0.39, 0.29) is 0 Å². The molecule has 0 saturated carbocycles. The van der Waals surface area contributed by atoms with Crippen LogP contribution in [0.1, 0.15) is 18.2 Å². The van der Waals surface area contributed by atoms with Crippen molar-refractivity contribution in [1.29, 1.82) is 0 Å². The van der Waals surface area contributed by atoms with Crippen LogP contribution in [-0.2, 0) is 4.84 Å². The molecular weight excluding hydrogens is 304 g/mol. The van der Waals surface area contributed by atoms with E-state index in [1.54, 1.807) is 0 Å². The summed E-state index contributed by atoms with van der Waals surface area (Å²) in [5.41, 5.74) is 2.82. The molecule has 0 aliphatic rings. The van der Waals surface area contributed by atoms with E-state index in [4.69, 9.17) is 14.0 Å². The summed E-state index contributed by atoms with van der Waals surface area (Å²) in [6.45, 7) is 2.36. The van der Waals surface area contributed by atoms with Crippen LogP contribution in [0.3, 0.4) is 0 Å². The average Bonchev–Trinajstić information content (AvgIpc) is 3.05. The summed E-state index contributed by atoms with van der Waals surface area (Å²) >= 11 is 0. The predicted molar refractivity (Wildman–Crippen MR) is 92.2 cm³/mol. The summed E-state index contributed by atoms with van der Waals surface area (Å²) in [5.74, 6) is 0.810. The standard InChI is InChI=1S/C19H18N2O3/c1-3-23-19-17(16(21-22-2)14-10-6-4-7-11-14)20-18(24-19)15-12-8-5-9-13-15/h4-13H,3H2,1-2H3/b21-16+.